The van der Waals surface area contributed by atoms with E-state index in [1.165, 1.54) is 19.4 Å². The predicted octanol–water partition coefficient (Wildman–Crippen LogP) is 2.31. The quantitative estimate of drug-likeness (QED) is 0.244. The van der Waals surface area contributed by atoms with Crippen LogP contribution >= 0.6 is 0 Å². The van der Waals surface area contributed by atoms with Gasteiger partial charge in [0.25, 0.3) is 11.5 Å². The van der Waals surface area contributed by atoms with E-state index in [2.05, 4.69) is 20.5 Å². The summed E-state index contributed by atoms with van der Waals surface area (Å²) in [6.07, 6.45) is 1.69. The molecule has 34 heavy (non-hydrogen) atoms. The number of methoxy groups -OCH3 is 1. The summed E-state index contributed by atoms with van der Waals surface area (Å²) in [7, 11) is 1.26. The Labute approximate surface area is 192 Å². The van der Waals surface area contributed by atoms with Crippen LogP contribution < -0.4 is 16.4 Å². The fourth-order valence-corrected chi connectivity index (χ4v) is 3.17. The average Bonchev–Trinajstić information content (AvgIpc) is 2.82. The average molecular weight is 476 g/mol. The summed E-state index contributed by atoms with van der Waals surface area (Å²) in [5.41, 5.74) is 1.25. The maximum absolute atomic E-state index is 13.9. The first kappa shape index (κ1) is 24.6. The first-order valence-electron chi connectivity index (χ1n) is 10.2. The summed E-state index contributed by atoms with van der Waals surface area (Å²) in [5.74, 6) is -3.02. The number of nitrogens with one attached hydrogen (secondary N) is 2. The highest BCUT2D eigenvalue weighted by Gasteiger charge is 2.24. The molecule has 180 valence electrons. The number of amides is 1. The summed E-state index contributed by atoms with van der Waals surface area (Å²) in [5, 5.41) is 12.9. The molecule has 2 aromatic heterocycles. The van der Waals surface area contributed by atoms with Gasteiger partial charge in [0.2, 0.25) is 0 Å². The van der Waals surface area contributed by atoms with E-state index in [-0.39, 0.29) is 53.0 Å². The molecule has 0 aliphatic carbocycles. The van der Waals surface area contributed by atoms with Gasteiger partial charge in [-0.25, -0.2) is 13.8 Å². The topological polar surface area (TPSA) is 132 Å². The number of esters is 1. The number of aryl methyl sites for hydroxylation is 1. The minimum absolute atomic E-state index is 0.00839. The fourth-order valence-electron chi connectivity index (χ4n) is 3.17. The predicted molar refractivity (Wildman–Crippen MR) is 116 cm³/mol. The normalized spacial score (nSPS) is 10.8. The zero-order valence-electron chi connectivity index (χ0n) is 18.4. The summed E-state index contributed by atoms with van der Waals surface area (Å²) < 4.78 is 31.9. The molecule has 0 aliphatic heterocycles. The number of ether oxygens (including phenoxy) is 1. The molecular formula is C22H22F2N4O6. The van der Waals surface area contributed by atoms with Gasteiger partial charge in [0.05, 0.1) is 19.4 Å². The van der Waals surface area contributed by atoms with Crippen molar-refractivity contribution in [2.75, 3.05) is 19.2 Å². The number of carbonyl (C=O) groups excluding carboxylic acids is 2. The molecule has 0 saturated heterocycles. The van der Waals surface area contributed by atoms with Crippen LogP contribution in [0.1, 0.15) is 34.8 Å². The van der Waals surface area contributed by atoms with Crippen molar-refractivity contribution in [3.63, 3.8) is 0 Å². The lowest BCUT2D eigenvalue weighted by Crippen LogP contribution is -2.34. The Hall–Kier alpha value is -4.06. The standard InChI is InChI=1S/C22H22F2N4O6/c1-3-34-27-19-15-8-12(4-7-17(29)33-2)10-25-20(15)28(32)22(31)18(19)21(30)26-11-13-5-6-14(23)9-16(13)24/h5-6,8-10,27,32H,3-4,7,11H2,1-2H3,(H,26,30). The van der Waals surface area contributed by atoms with Crippen molar-refractivity contribution in [3.05, 3.63) is 69.1 Å². The third-order valence-corrected chi connectivity index (χ3v) is 4.90. The van der Waals surface area contributed by atoms with Gasteiger partial charge in [-0.05, 0) is 31.0 Å². The molecule has 2 heterocycles. The molecule has 0 saturated carbocycles. The molecule has 0 spiro atoms. The summed E-state index contributed by atoms with van der Waals surface area (Å²) in [6.45, 7) is 1.49. The first-order valence-corrected chi connectivity index (χ1v) is 10.2. The lowest BCUT2D eigenvalue weighted by Gasteiger charge is -2.16. The second-order valence-corrected chi connectivity index (χ2v) is 7.11. The van der Waals surface area contributed by atoms with Crippen molar-refractivity contribution >= 4 is 28.6 Å². The van der Waals surface area contributed by atoms with E-state index in [1.54, 1.807) is 6.92 Å². The Morgan fingerprint density at radius 1 is 1.24 bits per heavy atom. The Bertz CT molecular complexity index is 1290. The van der Waals surface area contributed by atoms with E-state index in [4.69, 9.17) is 4.84 Å². The maximum atomic E-state index is 13.9. The third-order valence-electron chi connectivity index (χ3n) is 4.90. The number of rotatable bonds is 9. The van der Waals surface area contributed by atoms with E-state index < -0.39 is 34.6 Å². The van der Waals surface area contributed by atoms with Crippen molar-refractivity contribution in [3.8, 4) is 0 Å². The molecule has 12 heteroatoms. The van der Waals surface area contributed by atoms with E-state index in [0.29, 0.717) is 11.6 Å². The number of aromatic nitrogens is 2. The summed E-state index contributed by atoms with van der Waals surface area (Å²) in [4.78, 5) is 46.5. The smallest absolute Gasteiger partial charge is 0.305 e. The van der Waals surface area contributed by atoms with Gasteiger partial charge in [0, 0.05) is 36.2 Å². The molecule has 0 radical (unpaired) electrons. The molecule has 0 atom stereocenters. The van der Waals surface area contributed by atoms with Crippen molar-refractivity contribution in [2.45, 2.75) is 26.3 Å². The minimum Gasteiger partial charge on any atom is -0.469 e. The third kappa shape index (κ3) is 5.29. The maximum Gasteiger partial charge on any atom is 0.305 e. The first-order chi connectivity index (χ1) is 16.3. The molecular weight excluding hydrogens is 454 g/mol. The van der Waals surface area contributed by atoms with Crippen LogP contribution in [-0.4, -0.2) is 40.5 Å². The molecule has 1 amide bonds. The van der Waals surface area contributed by atoms with Crippen LogP contribution in [-0.2, 0) is 27.3 Å². The molecule has 1 aromatic carbocycles. The molecule has 0 fully saturated rings. The van der Waals surface area contributed by atoms with Gasteiger partial charge in [-0.3, -0.25) is 24.7 Å². The van der Waals surface area contributed by atoms with Crippen molar-refractivity contribution in [1.29, 1.82) is 0 Å². The second kappa shape index (κ2) is 10.7. The highest BCUT2D eigenvalue weighted by Crippen LogP contribution is 2.25. The van der Waals surface area contributed by atoms with Crippen molar-refractivity contribution < 1.29 is 33.2 Å². The monoisotopic (exact) mass is 476 g/mol. The molecule has 0 bridgehead atoms. The molecule has 3 aromatic rings. The number of nitrogens with zero attached hydrogens (tertiary/aromatic N) is 2. The van der Waals surface area contributed by atoms with E-state index in [0.717, 1.165) is 12.1 Å². The van der Waals surface area contributed by atoms with Crippen molar-refractivity contribution in [2.24, 2.45) is 0 Å². The van der Waals surface area contributed by atoms with Gasteiger partial charge >= 0.3 is 5.97 Å². The lowest BCUT2D eigenvalue weighted by atomic mass is 10.1. The fraction of sp³-hybridized carbons (Fsp3) is 0.273. The number of hydrogen-bond acceptors (Lipinski definition) is 8. The number of carbonyl (C=O) groups is 2. The van der Waals surface area contributed by atoms with Crippen LogP contribution in [0.3, 0.4) is 0 Å². The van der Waals surface area contributed by atoms with Gasteiger partial charge in [-0.1, -0.05) is 6.07 Å². The van der Waals surface area contributed by atoms with Crippen LogP contribution in [0.4, 0.5) is 14.5 Å². The van der Waals surface area contributed by atoms with Crippen LogP contribution in [0.5, 0.6) is 0 Å². The van der Waals surface area contributed by atoms with Gasteiger partial charge in [-0.2, -0.15) is 0 Å². The molecule has 10 nitrogen and oxygen atoms in total. The van der Waals surface area contributed by atoms with Crippen LogP contribution in [0, 0.1) is 11.6 Å². The van der Waals surface area contributed by atoms with Gasteiger partial charge < -0.3 is 15.3 Å². The van der Waals surface area contributed by atoms with Gasteiger partial charge in [0.1, 0.15) is 17.2 Å². The molecule has 3 N–H and O–H groups in total. The van der Waals surface area contributed by atoms with Crippen molar-refractivity contribution in [1.82, 2.24) is 15.0 Å². The zero-order chi connectivity index (χ0) is 24.8. The number of pyridine rings is 2. The SMILES string of the molecule is CCONc1c(C(=O)NCc2ccc(F)cc2F)c(=O)n(O)c2ncc(CCC(=O)OC)cc12. The van der Waals surface area contributed by atoms with E-state index in [1.807, 2.05) is 0 Å². The largest absolute Gasteiger partial charge is 0.469 e. The Balaban J connectivity index is 2.03. The molecule has 3 rings (SSSR count). The Morgan fingerprint density at radius 3 is 2.68 bits per heavy atom. The molecule has 0 aliphatic rings. The highest BCUT2D eigenvalue weighted by molar-refractivity contribution is 6.06. The number of fused-ring (bicyclic) bond motifs is 1. The Kier molecular flexibility index (Phi) is 7.74. The van der Waals surface area contributed by atoms with Crippen LogP contribution in [0.25, 0.3) is 11.0 Å². The summed E-state index contributed by atoms with van der Waals surface area (Å²) in [6, 6.07) is 4.40. The number of halogens is 2. The van der Waals surface area contributed by atoms with E-state index >= 15 is 0 Å². The number of hydrogen-bond donors (Lipinski definition) is 3. The summed E-state index contributed by atoms with van der Waals surface area (Å²) >= 11 is 0. The number of anilines is 1. The lowest BCUT2D eigenvalue weighted by molar-refractivity contribution is -0.140. The van der Waals surface area contributed by atoms with E-state index in [9.17, 15) is 28.4 Å². The minimum atomic E-state index is -1.10. The van der Waals surface area contributed by atoms with Gasteiger partial charge in [0.15, 0.2) is 5.65 Å². The zero-order valence-corrected chi connectivity index (χ0v) is 18.4. The second-order valence-electron chi connectivity index (χ2n) is 7.11. The highest BCUT2D eigenvalue weighted by atomic mass is 19.1. The number of benzene rings is 1. The van der Waals surface area contributed by atoms with Crippen LogP contribution in [0.2, 0.25) is 0 Å². The Morgan fingerprint density at radius 2 is 2.00 bits per heavy atom. The van der Waals surface area contributed by atoms with Gasteiger partial charge in [-0.15, -0.1) is 4.73 Å². The van der Waals surface area contributed by atoms with Crippen LogP contribution in [0.15, 0.2) is 35.3 Å². The molecule has 0 unspecified atom stereocenters.